The van der Waals surface area contributed by atoms with Gasteiger partial charge in [0.15, 0.2) is 0 Å². The fourth-order valence-electron chi connectivity index (χ4n) is 1.51. The van der Waals surface area contributed by atoms with Crippen molar-refractivity contribution in [3.63, 3.8) is 0 Å². The van der Waals surface area contributed by atoms with Gasteiger partial charge in [-0.1, -0.05) is 45.7 Å². The molecule has 0 saturated carbocycles. The first-order chi connectivity index (χ1) is 7.90. The molecule has 0 atom stereocenters. The Hall–Kier alpha value is -1.38. The van der Waals surface area contributed by atoms with Gasteiger partial charge in [0.05, 0.1) is 6.54 Å². The third-order valence-corrected chi connectivity index (χ3v) is 2.29. The number of benzene rings is 1. The molecule has 0 radical (unpaired) electrons. The van der Waals surface area contributed by atoms with Gasteiger partial charge in [0.25, 0.3) is 0 Å². The molecular formula is C13H21N3. The van der Waals surface area contributed by atoms with Crippen molar-refractivity contribution in [3.8, 4) is 0 Å². The van der Waals surface area contributed by atoms with Gasteiger partial charge in [0.1, 0.15) is 11.0 Å². The minimum atomic E-state index is 0.933. The maximum absolute atomic E-state index is 4.39. The maximum Gasteiger partial charge on any atom is 0.113 e. The quantitative estimate of drug-likeness (QED) is 0.735. The average molecular weight is 219 g/mol. The smallest absolute Gasteiger partial charge is 0.113 e. The molecule has 0 fully saturated rings. The molecule has 0 amide bonds. The highest BCUT2D eigenvalue weighted by molar-refractivity contribution is 5.72. The summed E-state index contributed by atoms with van der Waals surface area (Å²) in [6.07, 6.45) is 3.65. The van der Waals surface area contributed by atoms with Gasteiger partial charge in [-0.2, -0.15) is 15.0 Å². The summed E-state index contributed by atoms with van der Waals surface area (Å²) in [5, 5.41) is 8.78. The van der Waals surface area contributed by atoms with E-state index in [4.69, 9.17) is 0 Å². The van der Waals surface area contributed by atoms with Crippen molar-refractivity contribution in [2.24, 2.45) is 0 Å². The number of unbranched alkanes of at least 4 members (excludes halogenated alkanes) is 2. The highest BCUT2D eigenvalue weighted by Gasteiger charge is 1.99. The van der Waals surface area contributed by atoms with Crippen molar-refractivity contribution in [2.45, 2.75) is 46.6 Å². The normalized spacial score (nSPS) is 9.94. The van der Waals surface area contributed by atoms with Crippen molar-refractivity contribution < 1.29 is 0 Å². The molecule has 1 aromatic heterocycles. The van der Waals surface area contributed by atoms with Gasteiger partial charge in [-0.25, -0.2) is 0 Å². The van der Waals surface area contributed by atoms with Crippen LogP contribution in [0.1, 0.15) is 40.0 Å². The zero-order chi connectivity index (χ0) is 11.8. The number of hydrogen-bond acceptors (Lipinski definition) is 2. The summed E-state index contributed by atoms with van der Waals surface area (Å²) in [5.74, 6) is 0. The Labute approximate surface area is 97.5 Å². The predicted molar refractivity (Wildman–Crippen MR) is 68.4 cm³/mol. The van der Waals surface area contributed by atoms with Gasteiger partial charge < -0.3 is 0 Å². The second kappa shape index (κ2) is 6.99. The molecule has 0 saturated heterocycles. The molecular weight excluding hydrogens is 198 g/mol. The van der Waals surface area contributed by atoms with E-state index < -0.39 is 0 Å². The molecule has 0 spiro atoms. The highest BCUT2D eigenvalue weighted by Crippen LogP contribution is 2.07. The lowest BCUT2D eigenvalue weighted by molar-refractivity contribution is 0.502. The third-order valence-electron chi connectivity index (χ3n) is 2.29. The first-order valence-corrected chi connectivity index (χ1v) is 6.20. The largest absolute Gasteiger partial charge is 0.184 e. The zero-order valence-electron chi connectivity index (χ0n) is 10.5. The molecule has 2 rings (SSSR count). The van der Waals surface area contributed by atoms with Crippen LogP contribution < -0.4 is 0 Å². The summed E-state index contributed by atoms with van der Waals surface area (Å²) in [7, 11) is 0. The van der Waals surface area contributed by atoms with Crippen LogP contribution >= 0.6 is 0 Å². The van der Waals surface area contributed by atoms with Crippen LogP contribution in [-0.4, -0.2) is 15.0 Å². The van der Waals surface area contributed by atoms with Crippen LogP contribution in [0.4, 0.5) is 0 Å². The molecule has 1 aromatic carbocycles. The van der Waals surface area contributed by atoms with Crippen LogP contribution in [0.25, 0.3) is 11.0 Å². The lowest BCUT2D eigenvalue weighted by Crippen LogP contribution is -2.01. The van der Waals surface area contributed by atoms with E-state index in [2.05, 4.69) is 17.1 Å². The Bertz CT molecular complexity index is 373. The summed E-state index contributed by atoms with van der Waals surface area (Å²) in [5.41, 5.74) is 1.98. The number of hydrogen-bond donors (Lipinski definition) is 0. The van der Waals surface area contributed by atoms with E-state index in [1.807, 2.05) is 38.1 Å². The molecule has 2 aromatic rings. The molecule has 88 valence electrons. The van der Waals surface area contributed by atoms with Crippen LogP contribution in [0.3, 0.4) is 0 Å². The van der Waals surface area contributed by atoms with Crippen LogP contribution in [0.5, 0.6) is 0 Å². The van der Waals surface area contributed by atoms with Gasteiger partial charge in [-0.05, 0) is 18.6 Å². The number of rotatable bonds is 4. The van der Waals surface area contributed by atoms with Crippen LogP contribution in [0, 0.1) is 0 Å². The molecule has 0 bridgehead atoms. The molecule has 0 aliphatic carbocycles. The van der Waals surface area contributed by atoms with Crippen molar-refractivity contribution in [1.82, 2.24) is 15.0 Å². The Balaban J connectivity index is 0.000000606. The summed E-state index contributed by atoms with van der Waals surface area (Å²) >= 11 is 0. The van der Waals surface area contributed by atoms with Gasteiger partial charge in [-0.3, -0.25) is 0 Å². The Morgan fingerprint density at radius 3 is 2.06 bits per heavy atom. The van der Waals surface area contributed by atoms with Gasteiger partial charge in [-0.15, -0.1) is 0 Å². The highest BCUT2D eigenvalue weighted by atomic mass is 15.5. The fraction of sp³-hybridized carbons (Fsp3) is 0.538. The maximum atomic E-state index is 4.39. The molecule has 0 unspecified atom stereocenters. The van der Waals surface area contributed by atoms with Gasteiger partial charge in [0.2, 0.25) is 0 Å². The van der Waals surface area contributed by atoms with Crippen molar-refractivity contribution in [1.29, 1.82) is 0 Å². The zero-order valence-corrected chi connectivity index (χ0v) is 10.5. The van der Waals surface area contributed by atoms with Crippen molar-refractivity contribution in [2.75, 3.05) is 0 Å². The van der Waals surface area contributed by atoms with E-state index in [0.717, 1.165) is 24.0 Å². The minimum absolute atomic E-state index is 0.933. The van der Waals surface area contributed by atoms with Crippen LogP contribution in [0.15, 0.2) is 24.3 Å². The first kappa shape index (κ1) is 12.7. The lowest BCUT2D eigenvalue weighted by atomic mass is 10.2. The predicted octanol–water partition coefficient (Wildman–Crippen LogP) is 3.65. The van der Waals surface area contributed by atoms with E-state index in [1.165, 1.54) is 12.8 Å². The van der Waals surface area contributed by atoms with E-state index in [1.54, 1.807) is 4.80 Å². The molecule has 3 heteroatoms. The minimum Gasteiger partial charge on any atom is -0.184 e. The fourth-order valence-corrected chi connectivity index (χ4v) is 1.51. The Kier molecular flexibility index (Phi) is 5.54. The second-order valence-electron chi connectivity index (χ2n) is 3.49. The topological polar surface area (TPSA) is 30.7 Å². The third kappa shape index (κ3) is 3.33. The van der Waals surface area contributed by atoms with E-state index in [0.29, 0.717) is 0 Å². The number of aryl methyl sites for hydroxylation is 1. The molecule has 0 aliphatic heterocycles. The number of aromatic nitrogens is 3. The van der Waals surface area contributed by atoms with Crippen molar-refractivity contribution >= 4 is 11.0 Å². The molecule has 0 aliphatic rings. The standard InChI is InChI=1S/C11H15N3.C2H6/c1-2-3-6-9-14-12-10-7-4-5-8-11(10)13-14;1-2/h4-5,7-8H,2-3,6,9H2,1H3;1-2H3. The summed E-state index contributed by atoms with van der Waals surface area (Å²) in [4.78, 5) is 1.81. The van der Waals surface area contributed by atoms with E-state index in [-0.39, 0.29) is 0 Å². The Morgan fingerprint density at radius 2 is 1.56 bits per heavy atom. The SMILES string of the molecule is CC.CCCCCn1nc2ccccc2n1. The summed E-state index contributed by atoms with van der Waals surface area (Å²) in [6, 6.07) is 7.98. The van der Waals surface area contributed by atoms with Crippen molar-refractivity contribution in [3.05, 3.63) is 24.3 Å². The summed E-state index contributed by atoms with van der Waals surface area (Å²) in [6.45, 7) is 7.13. The van der Waals surface area contributed by atoms with Gasteiger partial charge >= 0.3 is 0 Å². The Morgan fingerprint density at radius 1 is 1.00 bits per heavy atom. The summed E-state index contributed by atoms with van der Waals surface area (Å²) < 4.78 is 0. The number of fused-ring (bicyclic) bond motifs is 1. The van der Waals surface area contributed by atoms with Gasteiger partial charge in [0, 0.05) is 0 Å². The van der Waals surface area contributed by atoms with Crippen LogP contribution in [-0.2, 0) is 6.54 Å². The average Bonchev–Trinajstić information content (AvgIpc) is 2.74. The van der Waals surface area contributed by atoms with Crippen LogP contribution in [0.2, 0.25) is 0 Å². The van der Waals surface area contributed by atoms with E-state index in [9.17, 15) is 0 Å². The van der Waals surface area contributed by atoms with E-state index >= 15 is 0 Å². The number of nitrogens with zero attached hydrogens (tertiary/aromatic N) is 3. The second-order valence-corrected chi connectivity index (χ2v) is 3.49. The first-order valence-electron chi connectivity index (χ1n) is 6.20. The molecule has 1 heterocycles. The molecule has 16 heavy (non-hydrogen) atoms. The molecule has 0 N–H and O–H groups in total. The monoisotopic (exact) mass is 219 g/mol. The lowest BCUT2D eigenvalue weighted by Gasteiger charge is -1.96. The molecule has 3 nitrogen and oxygen atoms in total.